The van der Waals surface area contributed by atoms with Gasteiger partial charge in [-0.1, -0.05) is 32.9 Å². The van der Waals surface area contributed by atoms with Gasteiger partial charge in [-0.2, -0.15) is 13.2 Å². The smallest absolute Gasteiger partial charge is 0.356 e. The lowest BCUT2D eigenvalue weighted by atomic mass is 9.86. The molecule has 2 heterocycles. The van der Waals surface area contributed by atoms with Crippen molar-refractivity contribution in [2.75, 3.05) is 18.0 Å². The van der Waals surface area contributed by atoms with E-state index in [2.05, 4.69) is 36.1 Å². The second kappa shape index (κ2) is 8.00. The van der Waals surface area contributed by atoms with E-state index in [0.29, 0.717) is 31.5 Å². The van der Waals surface area contributed by atoms with Crippen LogP contribution in [-0.2, 0) is 11.6 Å². The van der Waals surface area contributed by atoms with Crippen LogP contribution in [0.4, 0.5) is 19.0 Å². The van der Waals surface area contributed by atoms with E-state index >= 15 is 0 Å². The maximum atomic E-state index is 12.8. The Morgan fingerprint density at radius 3 is 2.24 bits per heavy atom. The number of piperidine rings is 1. The van der Waals surface area contributed by atoms with Gasteiger partial charge < -0.3 is 10.2 Å². The molecule has 0 bridgehead atoms. The van der Waals surface area contributed by atoms with E-state index in [1.165, 1.54) is 0 Å². The van der Waals surface area contributed by atoms with Crippen molar-refractivity contribution in [2.24, 2.45) is 0 Å². The quantitative estimate of drug-likeness (QED) is 0.830. The van der Waals surface area contributed by atoms with E-state index in [1.807, 2.05) is 24.3 Å². The monoisotopic (exact) mass is 406 g/mol. The lowest BCUT2D eigenvalue weighted by Crippen LogP contribution is -2.45. The molecular formula is C21H25F3N4O. The molecule has 1 aliphatic rings. The molecule has 156 valence electrons. The molecule has 0 saturated carbocycles. The van der Waals surface area contributed by atoms with Crippen molar-refractivity contribution in [2.45, 2.75) is 51.2 Å². The molecule has 1 N–H and O–H groups in total. The summed E-state index contributed by atoms with van der Waals surface area (Å²) in [5.41, 5.74) is 0.836. The van der Waals surface area contributed by atoms with E-state index in [-0.39, 0.29) is 23.2 Å². The van der Waals surface area contributed by atoms with Crippen LogP contribution in [0.25, 0.3) is 0 Å². The van der Waals surface area contributed by atoms with E-state index in [9.17, 15) is 18.0 Å². The van der Waals surface area contributed by atoms with E-state index in [4.69, 9.17) is 0 Å². The molecule has 0 spiro atoms. The highest BCUT2D eigenvalue weighted by atomic mass is 19.4. The molecule has 0 aliphatic carbocycles. The van der Waals surface area contributed by atoms with Crippen LogP contribution in [0.1, 0.15) is 55.2 Å². The number of hydrogen-bond donors (Lipinski definition) is 1. The highest BCUT2D eigenvalue weighted by molar-refractivity contribution is 5.94. The summed E-state index contributed by atoms with van der Waals surface area (Å²) in [6, 6.07) is 8.52. The van der Waals surface area contributed by atoms with Gasteiger partial charge in [0.15, 0.2) is 0 Å². The Hall–Kier alpha value is -2.64. The molecule has 1 aliphatic heterocycles. The average molecular weight is 406 g/mol. The largest absolute Gasteiger partial charge is 0.433 e. The van der Waals surface area contributed by atoms with Gasteiger partial charge in [0.2, 0.25) is 0 Å². The first kappa shape index (κ1) is 21.1. The molecule has 0 atom stereocenters. The van der Waals surface area contributed by atoms with Crippen molar-refractivity contribution >= 4 is 11.7 Å². The molecule has 2 aromatic rings. The second-order valence-corrected chi connectivity index (χ2v) is 8.32. The van der Waals surface area contributed by atoms with Crippen LogP contribution >= 0.6 is 0 Å². The summed E-state index contributed by atoms with van der Waals surface area (Å²) in [5.74, 6) is 0.125. The highest BCUT2D eigenvalue weighted by Gasteiger charge is 2.33. The number of benzene rings is 1. The van der Waals surface area contributed by atoms with Gasteiger partial charge in [-0.05, 0) is 36.0 Å². The molecule has 1 amide bonds. The van der Waals surface area contributed by atoms with Crippen molar-refractivity contribution in [3.63, 3.8) is 0 Å². The number of nitrogens with one attached hydrogen (secondary N) is 1. The third-order valence-electron chi connectivity index (χ3n) is 5.11. The second-order valence-electron chi connectivity index (χ2n) is 8.32. The molecule has 1 saturated heterocycles. The van der Waals surface area contributed by atoms with Crippen LogP contribution in [0.3, 0.4) is 0 Å². The minimum atomic E-state index is -4.49. The van der Waals surface area contributed by atoms with Crippen LogP contribution in [0, 0.1) is 0 Å². The minimum Gasteiger partial charge on any atom is -0.356 e. The maximum Gasteiger partial charge on any atom is 0.433 e. The fourth-order valence-electron chi connectivity index (χ4n) is 3.32. The number of alkyl halides is 3. The topological polar surface area (TPSA) is 58.1 Å². The molecule has 1 aromatic heterocycles. The Morgan fingerprint density at radius 1 is 1.07 bits per heavy atom. The Labute approximate surface area is 168 Å². The zero-order valence-corrected chi connectivity index (χ0v) is 16.8. The summed E-state index contributed by atoms with van der Waals surface area (Å²) in [7, 11) is 0. The summed E-state index contributed by atoms with van der Waals surface area (Å²) in [5, 5.41) is 3.02. The first-order valence-electron chi connectivity index (χ1n) is 9.59. The fourth-order valence-corrected chi connectivity index (χ4v) is 3.32. The molecule has 8 heteroatoms. The zero-order chi connectivity index (χ0) is 21.2. The summed E-state index contributed by atoms with van der Waals surface area (Å²) in [4.78, 5) is 21.6. The van der Waals surface area contributed by atoms with Gasteiger partial charge >= 0.3 is 6.18 Å². The Morgan fingerprint density at radius 2 is 1.69 bits per heavy atom. The van der Waals surface area contributed by atoms with Crippen molar-refractivity contribution in [1.82, 2.24) is 15.3 Å². The van der Waals surface area contributed by atoms with Crippen LogP contribution in [0.2, 0.25) is 0 Å². The van der Waals surface area contributed by atoms with Crippen LogP contribution < -0.4 is 10.2 Å². The van der Waals surface area contributed by atoms with E-state index in [0.717, 1.165) is 18.0 Å². The van der Waals surface area contributed by atoms with Gasteiger partial charge in [0.05, 0.1) is 0 Å². The van der Waals surface area contributed by atoms with Gasteiger partial charge in [0.1, 0.15) is 17.8 Å². The molecule has 5 nitrogen and oxygen atoms in total. The number of amides is 1. The predicted molar refractivity (Wildman–Crippen MR) is 105 cm³/mol. The van der Waals surface area contributed by atoms with Gasteiger partial charge in [-0.25, -0.2) is 9.97 Å². The predicted octanol–water partition coefficient (Wildman–Crippen LogP) is 4.19. The van der Waals surface area contributed by atoms with Crippen molar-refractivity contribution < 1.29 is 18.0 Å². The number of carbonyl (C=O) groups is 1. The Balaban J connectivity index is 1.57. The van der Waals surface area contributed by atoms with E-state index < -0.39 is 11.9 Å². The number of nitrogens with zero attached hydrogens (tertiary/aromatic N) is 3. The number of hydrogen-bond acceptors (Lipinski definition) is 4. The number of aromatic nitrogens is 2. The minimum absolute atomic E-state index is 0.0226. The van der Waals surface area contributed by atoms with Crippen LogP contribution in [0.15, 0.2) is 36.7 Å². The lowest BCUT2D eigenvalue weighted by Gasteiger charge is -2.33. The third kappa shape index (κ3) is 5.25. The van der Waals surface area contributed by atoms with Crippen LogP contribution in [0.5, 0.6) is 0 Å². The van der Waals surface area contributed by atoms with Gasteiger partial charge in [-0.3, -0.25) is 4.79 Å². The molecule has 29 heavy (non-hydrogen) atoms. The summed E-state index contributed by atoms with van der Waals surface area (Å²) < 4.78 is 38.5. The van der Waals surface area contributed by atoms with E-state index in [1.54, 1.807) is 4.90 Å². The number of carbonyl (C=O) groups excluding carboxylic acids is 1. The first-order valence-corrected chi connectivity index (χ1v) is 9.59. The first-order chi connectivity index (χ1) is 13.5. The molecule has 0 unspecified atom stereocenters. The van der Waals surface area contributed by atoms with Gasteiger partial charge in [-0.15, -0.1) is 0 Å². The van der Waals surface area contributed by atoms with Crippen molar-refractivity contribution in [1.29, 1.82) is 0 Å². The number of rotatable bonds is 3. The summed E-state index contributed by atoms with van der Waals surface area (Å²) in [6.45, 7) is 7.38. The molecule has 1 fully saturated rings. The Bertz CT molecular complexity index is 851. The maximum absolute atomic E-state index is 12.8. The average Bonchev–Trinajstić information content (AvgIpc) is 2.67. The standard InChI is InChI=1S/C21H25F3N4O/c1-20(2,3)15-6-4-14(5-7-15)19(29)27-16-8-10-28(11-9-16)18-12-17(21(22,23)24)25-13-26-18/h4-7,12-13,16H,8-11H2,1-3H3,(H,27,29). The normalized spacial score (nSPS) is 16.0. The fraction of sp³-hybridized carbons (Fsp3) is 0.476. The molecule has 0 radical (unpaired) electrons. The van der Waals surface area contributed by atoms with Gasteiger partial charge in [0.25, 0.3) is 5.91 Å². The summed E-state index contributed by atoms with van der Waals surface area (Å²) >= 11 is 0. The van der Waals surface area contributed by atoms with Crippen molar-refractivity contribution in [3.8, 4) is 0 Å². The number of anilines is 1. The lowest BCUT2D eigenvalue weighted by molar-refractivity contribution is -0.141. The SMILES string of the molecule is CC(C)(C)c1ccc(C(=O)NC2CCN(c3cc(C(F)(F)F)ncn3)CC2)cc1. The number of halogens is 3. The molecular weight excluding hydrogens is 381 g/mol. The highest BCUT2D eigenvalue weighted by Crippen LogP contribution is 2.29. The zero-order valence-electron chi connectivity index (χ0n) is 16.8. The molecule has 3 rings (SSSR count). The van der Waals surface area contributed by atoms with Crippen molar-refractivity contribution in [3.05, 3.63) is 53.5 Å². The van der Waals surface area contributed by atoms with Crippen LogP contribution in [-0.4, -0.2) is 35.0 Å². The summed E-state index contributed by atoms with van der Waals surface area (Å²) in [6.07, 6.45) is -2.28. The third-order valence-corrected chi connectivity index (χ3v) is 5.11. The molecule has 1 aromatic carbocycles. The van der Waals surface area contributed by atoms with Gasteiger partial charge in [0, 0.05) is 30.8 Å². The Kier molecular flexibility index (Phi) is 5.82.